The van der Waals surface area contributed by atoms with E-state index in [9.17, 15) is 0 Å². The van der Waals surface area contributed by atoms with E-state index in [4.69, 9.17) is 28.4 Å². The van der Waals surface area contributed by atoms with Crippen LogP contribution in [0, 0.1) is 69.2 Å². The van der Waals surface area contributed by atoms with Gasteiger partial charge in [-0.2, -0.15) is 22.3 Å². The molecule has 4 aromatic rings. The van der Waals surface area contributed by atoms with Crippen molar-refractivity contribution < 1.29 is 87.4 Å². The predicted molar refractivity (Wildman–Crippen MR) is 192 cm³/mol. The second kappa shape index (κ2) is 18.4. The number of ether oxygens (including phenoxy) is 6. The van der Waals surface area contributed by atoms with Gasteiger partial charge in [-0.1, -0.05) is 27.7 Å². The van der Waals surface area contributed by atoms with E-state index < -0.39 is 8.07 Å². The number of methoxy groups -OCH3 is 6. The maximum atomic E-state index is 6.42. The average molecular weight is 798 g/mol. The van der Waals surface area contributed by atoms with Crippen LogP contribution < -0.4 is 86.4 Å². The molecule has 0 N–H and O–H groups in total. The molecule has 0 saturated carbocycles. The summed E-state index contributed by atoms with van der Waals surface area (Å²) in [6.07, 6.45) is 0. The Labute approximate surface area is 334 Å². The number of halogens is 3. The fourth-order valence-electron chi connectivity index (χ4n) is 8.14. The Morgan fingerprint density at radius 2 is 0.640 bits per heavy atom. The van der Waals surface area contributed by atoms with E-state index in [1.165, 1.54) is 27.4 Å². The van der Waals surface area contributed by atoms with Crippen LogP contribution in [0.3, 0.4) is 0 Å². The van der Waals surface area contributed by atoms with Crippen molar-refractivity contribution in [1.82, 2.24) is 0 Å². The molecule has 0 saturated heterocycles. The largest absolute Gasteiger partial charge is 4.00 e. The standard InChI is InChI=1S/C39H51O6Si.3ClH.Ti/c1-20-17-30(40-11)37(27(8)33(20)43-14)46(36-25(6)23(4)24(5)26(36)7,38-28(9)34(44-15)21(2)18-31(38)41-12)39-29(10)35(45-16)22(3)19-32(39)42-13;;;;/h17-19H,1-16H3;3*1H;/q-1;;;;+4/p-3. The molecule has 0 fully saturated rings. The van der Waals surface area contributed by atoms with Crippen LogP contribution in [0.1, 0.15) is 55.6 Å². The molecule has 4 aromatic carbocycles. The molecule has 0 amide bonds. The maximum Gasteiger partial charge on any atom is 4.00 e. The van der Waals surface area contributed by atoms with Crippen LogP contribution in [0.2, 0.25) is 0 Å². The number of hydrogen-bond acceptors (Lipinski definition) is 6. The van der Waals surface area contributed by atoms with Crippen molar-refractivity contribution in [3.05, 3.63) is 73.8 Å². The van der Waals surface area contributed by atoms with Gasteiger partial charge in [0.2, 0.25) is 0 Å². The number of benzene rings is 3. The van der Waals surface area contributed by atoms with E-state index in [0.717, 1.165) is 83.4 Å². The first-order valence-corrected chi connectivity index (χ1v) is 17.7. The molecule has 0 radical (unpaired) electrons. The normalized spacial score (nSPS) is 10.6. The Bertz CT molecular complexity index is 1650. The molecule has 0 bridgehead atoms. The molecule has 0 spiro atoms. The summed E-state index contributed by atoms with van der Waals surface area (Å²) in [5.41, 5.74) is 11.1. The van der Waals surface area contributed by atoms with Gasteiger partial charge in [-0.15, -0.1) is 5.19 Å². The van der Waals surface area contributed by atoms with Gasteiger partial charge in [0, 0.05) is 0 Å². The Balaban J connectivity index is 0.00000600. The summed E-state index contributed by atoms with van der Waals surface area (Å²) < 4.78 is 37.7. The third-order valence-electron chi connectivity index (χ3n) is 10.2. The van der Waals surface area contributed by atoms with Crippen molar-refractivity contribution in [2.45, 2.75) is 69.2 Å². The maximum absolute atomic E-state index is 6.42. The van der Waals surface area contributed by atoms with Crippen molar-refractivity contribution in [1.29, 1.82) is 0 Å². The molecule has 0 aromatic heterocycles. The molecule has 11 heteroatoms. The van der Waals surface area contributed by atoms with Crippen molar-refractivity contribution in [3.8, 4) is 34.5 Å². The van der Waals surface area contributed by atoms with Gasteiger partial charge in [-0.05, 0) is 109 Å². The van der Waals surface area contributed by atoms with Crippen molar-refractivity contribution in [3.63, 3.8) is 0 Å². The predicted octanol–water partition coefficient (Wildman–Crippen LogP) is -3.07. The second-order valence-corrected chi connectivity index (χ2v) is 15.9. The number of rotatable bonds is 10. The molecule has 0 heterocycles. The fourth-order valence-corrected chi connectivity index (χ4v) is 14.8. The van der Waals surface area contributed by atoms with Gasteiger partial charge in [-0.3, -0.25) is 0 Å². The van der Waals surface area contributed by atoms with E-state index in [2.05, 4.69) is 87.4 Å². The molecular weight excluding hydrogens is 747 g/mol. The van der Waals surface area contributed by atoms with Crippen LogP contribution in [-0.2, 0) is 21.7 Å². The van der Waals surface area contributed by atoms with Gasteiger partial charge >= 0.3 is 21.7 Å². The molecule has 6 nitrogen and oxygen atoms in total. The minimum absolute atomic E-state index is 0. The third-order valence-corrected chi connectivity index (χ3v) is 15.8. The average Bonchev–Trinajstić information content (AvgIpc) is 3.21. The Morgan fingerprint density at radius 3 is 0.840 bits per heavy atom. The van der Waals surface area contributed by atoms with Crippen LogP contribution in [0.4, 0.5) is 0 Å². The van der Waals surface area contributed by atoms with Gasteiger partial charge in [-0.25, -0.2) is 0 Å². The van der Waals surface area contributed by atoms with Gasteiger partial charge in [0.1, 0.15) is 42.6 Å². The van der Waals surface area contributed by atoms with E-state index >= 15 is 0 Å². The minimum Gasteiger partial charge on any atom is -1.00 e. The number of aryl methyl sites for hydroxylation is 3. The SMILES string of the molecule is COc1cc(C)c(OC)c(C)c1[Si](c1c(OC)cc(C)c(OC)c1C)(c1c(OC)cc(C)c(OC)c1C)[c-]1c(C)c(C)c(C)c1C.[Cl-].[Cl-].[Cl-].[Ti+4]. The molecule has 0 unspecified atom stereocenters. The first-order chi connectivity index (χ1) is 21.7. The summed E-state index contributed by atoms with van der Waals surface area (Å²) in [7, 11) is 6.92. The Morgan fingerprint density at radius 1 is 0.400 bits per heavy atom. The van der Waals surface area contributed by atoms with E-state index in [0.29, 0.717) is 0 Å². The summed E-state index contributed by atoms with van der Waals surface area (Å²) in [4.78, 5) is 0. The zero-order valence-corrected chi connectivity index (χ0v) is 37.1. The van der Waals surface area contributed by atoms with Gasteiger partial charge < -0.3 is 65.6 Å². The van der Waals surface area contributed by atoms with Gasteiger partial charge in [0.25, 0.3) is 0 Å². The molecule has 0 aliphatic rings. The summed E-state index contributed by atoms with van der Waals surface area (Å²) in [6.45, 7) is 21.6. The van der Waals surface area contributed by atoms with E-state index in [1.807, 2.05) is 0 Å². The van der Waals surface area contributed by atoms with Crippen molar-refractivity contribution >= 4 is 28.8 Å². The summed E-state index contributed by atoms with van der Waals surface area (Å²) >= 11 is 0. The van der Waals surface area contributed by atoms with Gasteiger partial charge in [0.05, 0.1) is 42.7 Å². The van der Waals surface area contributed by atoms with Crippen LogP contribution in [0.25, 0.3) is 0 Å². The molecular formula is C39H51Cl3O6SiTi. The molecule has 0 aliphatic heterocycles. The fraction of sp³-hybridized carbons (Fsp3) is 0.410. The Hall–Kier alpha value is -2.39. The van der Waals surface area contributed by atoms with Crippen LogP contribution in [0.5, 0.6) is 34.5 Å². The summed E-state index contributed by atoms with van der Waals surface area (Å²) in [5, 5.41) is 4.50. The summed E-state index contributed by atoms with van der Waals surface area (Å²) in [6, 6.07) is 6.32. The Kier molecular flexibility index (Phi) is 17.5. The monoisotopic (exact) mass is 796 g/mol. The second-order valence-electron chi connectivity index (χ2n) is 12.4. The summed E-state index contributed by atoms with van der Waals surface area (Å²) in [5.74, 6) is 4.86. The molecule has 50 heavy (non-hydrogen) atoms. The quantitative estimate of drug-likeness (QED) is 0.0967. The van der Waals surface area contributed by atoms with Crippen LogP contribution >= 0.6 is 0 Å². The van der Waals surface area contributed by atoms with E-state index in [1.54, 1.807) is 42.7 Å². The van der Waals surface area contributed by atoms with Crippen molar-refractivity contribution in [2.24, 2.45) is 0 Å². The molecule has 0 atom stereocenters. The minimum atomic E-state index is -3.56. The number of hydrogen-bond donors (Lipinski definition) is 0. The molecule has 4 rings (SSSR count). The first kappa shape index (κ1) is 47.6. The zero-order valence-electron chi connectivity index (χ0n) is 32.3. The first-order valence-electron chi connectivity index (χ1n) is 15.7. The van der Waals surface area contributed by atoms with E-state index in [-0.39, 0.29) is 58.9 Å². The third kappa shape index (κ3) is 7.03. The van der Waals surface area contributed by atoms with Gasteiger partial charge in [0.15, 0.2) is 0 Å². The molecule has 0 aliphatic carbocycles. The topological polar surface area (TPSA) is 55.4 Å². The zero-order chi connectivity index (χ0) is 34.4. The van der Waals surface area contributed by atoms with Crippen LogP contribution in [0.15, 0.2) is 18.2 Å². The smallest absolute Gasteiger partial charge is 1.00 e. The van der Waals surface area contributed by atoms with Crippen LogP contribution in [-0.4, -0.2) is 50.7 Å². The molecule has 272 valence electrons. The van der Waals surface area contributed by atoms with Crippen molar-refractivity contribution in [2.75, 3.05) is 42.7 Å².